The first-order chi connectivity index (χ1) is 12.0. The zero-order valence-corrected chi connectivity index (χ0v) is 15.1. The van der Waals surface area contributed by atoms with E-state index in [4.69, 9.17) is 23.2 Å². The van der Waals surface area contributed by atoms with E-state index in [1.165, 1.54) is 0 Å². The summed E-state index contributed by atoms with van der Waals surface area (Å²) in [4.78, 5) is 25.8. The lowest BCUT2D eigenvalue weighted by Crippen LogP contribution is -2.23. The summed E-state index contributed by atoms with van der Waals surface area (Å²) in [7, 11) is 0. The van der Waals surface area contributed by atoms with Gasteiger partial charge >= 0.3 is 0 Å². The number of nitrogens with one attached hydrogen (secondary N) is 1. The molecule has 1 heterocycles. The smallest absolute Gasteiger partial charge is 0.227 e. The number of nitrogens with zero attached hydrogens (tertiary/aromatic N) is 1. The molecule has 0 radical (unpaired) electrons. The Morgan fingerprint density at radius 1 is 1.12 bits per heavy atom. The Morgan fingerprint density at radius 2 is 1.92 bits per heavy atom. The number of halogens is 2. The quantitative estimate of drug-likeness (QED) is 0.822. The van der Waals surface area contributed by atoms with Gasteiger partial charge in [0, 0.05) is 30.1 Å². The Hall–Kier alpha value is -2.04. The van der Waals surface area contributed by atoms with Gasteiger partial charge in [0.25, 0.3) is 0 Å². The fourth-order valence-electron chi connectivity index (χ4n) is 2.86. The normalized spacial score (nSPS) is 14.0. The molecule has 1 aliphatic rings. The molecule has 1 aliphatic heterocycles. The lowest BCUT2D eigenvalue weighted by Gasteiger charge is -2.17. The summed E-state index contributed by atoms with van der Waals surface area (Å²) < 4.78 is 0. The van der Waals surface area contributed by atoms with Crippen molar-refractivity contribution in [1.82, 2.24) is 0 Å². The van der Waals surface area contributed by atoms with E-state index in [-0.39, 0.29) is 11.8 Å². The molecule has 0 spiro atoms. The third-order valence-electron chi connectivity index (χ3n) is 4.19. The molecular weight excluding hydrogens is 359 g/mol. The minimum Gasteiger partial charge on any atom is -0.325 e. The van der Waals surface area contributed by atoms with Gasteiger partial charge in [-0.2, -0.15) is 0 Å². The van der Waals surface area contributed by atoms with E-state index in [0.717, 1.165) is 17.7 Å². The van der Waals surface area contributed by atoms with Crippen LogP contribution in [0.25, 0.3) is 0 Å². The lowest BCUT2D eigenvalue weighted by molar-refractivity contribution is -0.117. The van der Waals surface area contributed by atoms with Gasteiger partial charge in [-0.15, -0.1) is 0 Å². The number of hydrogen-bond donors (Lipinski definition) is 1. The number of hydrogen-bond acceptors (Lipinski definition) is 2. The van der Waals surface area contributed by atoms with Gasteiger partial charge in [-0.3, -0.25) is 9.59 Å². The maximum Gasteiger partial charge on any atom is 0.227 e. The molecular formula is C19H18Cl2N2O2. The van der Waals surface area contributed by atoms with Crippen molar-refractivity contribution in [3.8, 4) is 0 Å². The first kappa shape index (κ1) is 17.8. The van der Waals surface area contributed by atoms with Crippen LogP contribution in [0, 0.1) is 0 Å². The monoisotopic (exact) mass is 376 g/mol. The molecule has 2 aromatic carbocycles. The van der Waals surface area contributed by atoms with Crippen molar-refractivity contribution in [2.24, 2.45) is 0 Å². The van der Waals surface area contributed by atoms with Crippen molar-refractivity contribution in [3.05, 3.63) is 58.1 Å². The van der Waals surface area contributed by atoms with Gasteiger partial charge in [-0.1, -0.05) is 41.4 Å². The van der Waals surface area contributed by atoms with Crippen molar-refractivity contribution < 1.29 is 9.59 Å². The van der Waals surface area contributed by atoms with E-state index in [9.17, 15) is 9.59 Å². The molecule has 0 aliphatic carbocycles. The van der Waals surface area contributed by atoms with Crippen LogP contribution in [-0.4, -0.2) is 18.4 Å². The average molecular weight is 377 g/mol. The number of anilines is 2. The number of amides is 2. The van der Waals surface area contributed by atoms with Gasteiger partial charge in [0.05, 0.1) is 10.7 Å². The van der Waals surface area contributed by atoms with Gasteiger partial charge < -0.3 is 10.2 Å². The Labute approximate surface area is 156 Å². The predicted molar refractivity (Wildman–Crippen MR) is 101 cm³/mol. The number of benzene rings is 2. The second kappa shape index (κ2) is 7.89. The molecule has 3 rings (SSSR count). The highest BCUT2D eigenvalue weighted by Crippen LogP contribution is 2.30. The molecule has 0 atom stereocenters. The molecule has 130 valence electrons. The highest BCUT2D eigenvalue weighted by molar-refractivity contribution is 6.34. The minimum atomic E-state index is -0.147. The summed E-state index contributed by atoms with van der Waals surface area (Å²) in [6.45, 7) is 0.695. The van der Waals surface area contributed by atoms with Crippen molar-refractivity contribution >= 4 is 46.4 Å². The van der Waals surface area contributed by atoms with Crippen LogP contribution in [0.3, 0.4) is 0 Å². The number of aryl methyl sites for hydroxylation is 1. The molecule has 2 aromatic rings. The van der Waals surface area contributed by atoms with Crippen LogP contribution in [-0.2, 0) is 16.0 Å². The molecule has 0 saturated carbocycles. The third kappa shape index (κ3) is 4.33. The molecule has 0 bridgehead atoms. The van der Waals surface area contributed by atoms with Crippen LogP contribution in [0.1, 0.15) is 24.8 Å². The highest BCUT2D eigenvalue weighted by Gasteiger charge is 2.22. The van der Waals surface area contributed by atoms with E-state index >= 15 is 0 Å². The van der Waals surface area contributed by atoms with Crippen LogP contribution in [0.5, 0.6) is 0 Å². The molecule has 4 nitrogen and oxygen atoms in total. The Balaban J connectivity index is 1.66. The Bertz CT molecular complexity index is 808. The second-order valence-electron chi connectivity index (χ2n) is 5.95. The van der Waals surface area contributed by atoms with Gasteiger partial charge in [-0.25, -0.2) is 0 Å². The minimum absolute atomic E-state index is 0.0957. The molecule has 25 heavy (non-hydrogen) atoms. The number of rotatable bonds is 5. The van der Waals surface area contributed by atoms with Crippen LogP contribution in [0.4, 0.5) is 11.4 Å². The summed E-state index contributed by atoms with van der Waals surface area (Å²) in [5.41, 5.74) is 2.21. The maximum absolute atomic E-state index is 12.3. The highest BCUT2D eigenvalue weighted by atomic mass is 35.5. The Morgan fingerprint density at radius 3 is 2.64 bits per heavy atom. The molecule has 1 N–H and O–H groups in total. The van der Waals surface area contributed by atoms with Crippen LogP contribution in [0.2, 0.25) is 10.0 Å². The zero-order valence-electron chi connectivity index (χ0n) is 13.6. The molecule has 1 fully saturated rings. The van der Waals surface area contributed by atoms with E-state index < -0.39 is 0 Å². The number of carbonyl (C=O) groups excluding carboxylic acids is 2. The SMILES string of the molecule is O=C(CCc1ccccc1Cl)Nc1cc(N2CCCC2=O)ccc1Cl. The largest absolute Gasteiger partial charge is 0.325 e. The molecule has 0 aromatic heterocycles. The van der Waals surface area contributed by atoms with Crippen LogP contribution >= 0.6 is 23.2 Å². The standard InChI is InChI=1S/C19H18Cl2N2O2/c20-15-5-2-1-4-13(15)7-10-18(24)22-17-12-14(8-9-16(17)21)23-11-3-6-19(23)25/h1-2,4-5,8-9,12H,3,6-7,10-11H2,(H,22,24). The van der Waals surface area contributed by atoms with Gasteiger partial charge in [-0.05, 0) is 42.7 Å². The first-order valence-electron chi connectivity index (χ1n) is 8.18. The van der Waals surface area contributed by atoms with E-state index in [2.05, 4.69) is 5.32 Å². The van der Waals surface area contributed by atoms with Crippen molar-refractivity contribution in [2.45, 2.75) is 25.7 Å². The fourth-order valence-corrected chi connectivity index (χ4v) is 3.26. The molecule has 0 unspecified atom stereocenters. The topological polar surface area (TPSA) is 49.4 Å². The van der Waals surface area contributed by atoms with Crippen LogP contribution < -0.4 is 10.2 Å². The van der Waals surface area contributed by atoms with E-state index in [0.29, 0.717) is 41.5 Å². The molecule has 6 heteroatoms. The first-order valence-corrected chi connectivity index (χ1v) is 8.93. The Kier molecular flexibility index (Phi) is 5.61. The van der Waals surface area contributed by atoms with E-state index in [1.54, 1.807) is 23.1 Å². The van der Waals surface area contributed by atoms with Gasteiger partial charge in [0.2, 0.25) is 11.8 Å². The summed E-state index contributed by atoms with van der Waals surface area (Å²) in [6, 6.07) is 12.7. The summed E-state index contributed by atoms with van der Waals surface area (Å²) in [6.07, 6.45) is 2.25. The lowest BCUT2D eigenvalue weighted by atomic mass is 10.1. The average Bonchev–Trinajstić information content (AvgIpc) is 3.02. The van der Waals surface area contributed by atoms with Crippen molar-refractivity contribution in [3.63, 3.8) is 0 Å². The van der Waals surface area contributed by atoms with E-state index in [1.807, 2.05) is 24.3 Å². The van der Waals surface area contributed by atoms with Crippen molar-refractivity contribution in [1.29, 1.82) is 0 Å². The maximum atomic E-state index is 12.3. The van der Waals surface area contributed by atoms with Crippen molar-refractivity contribution in [2.75, 3.05) is 16.8 Å². The molecule has 2 amide bonds. The molecule has 1 saturated heterocycles. The number of carbonyl (C=O) groups is 2. The summed E-state index contributed by atoms with van der Waals surface area (Å²) in [5.74, 6) is -0.0509. The second-order valence-corrected chi connectivity index (χ2v) is 6.77. The van der Waals surface area contributed by atoms with Crippen LogP contribution in [0.15, 0.2) is 42.5 Å². The summed E-state index contributed by atoms with van der Waals surface area (Å²) in [5, 5.41) is 3.93. The van der Waals surface area contributed by atoms with Gasteiger partial charge in [0.1, 0.15) is 0 Å². The summed E-state index contributed by atoms with van der Waals surface area (Å²) >= 11 is 12.3. The predicted octanol–water partition coefficient (Wildman–Crippen LogP) is 4.69. The zero-order chi connectivity index (χ0) is 17.8. The fraction of sp³-hybridized carbons (Fsp3) is 0.263. The third-order valence-corrected chi connectivity index (χ3v) is 4.89. The van der Waals surface area contributed by atoms with Gasteiger partial charge in [0.15, 0.2) is 0 Å².